The fourth-order valence-corrected chi connectivity index (χ4v) is 2.53. The van der Waals surface area contributed by atoms with Gasteiger partial charge >= 0.3 is 12.4 Å². The third-order valence-electron chi connectivity index (χ3n) is 2.73. The Hall–Kier alpha value is -1.21. The summed E-state index contributed by atoms with van der Waals surface area (Å²) >= 11 is 8.70. The first kappa shape index (κ1) is 17.1. The van der Waals surface area contributed by atoms with Gasteiger partial charge in [-0.05, 0) is 42.0 Å². The monoisotopic (exact) mass is 401 g/mol. The lowest BCUT2D eigenvalue weighted by Gasteiger charge is -2.12. The van der Waals surface area contributed by atoms with Crippen LogP contribution in [0.5, 0.6) is 0 Å². The summed E-state index contributed by atoms with van der Waals surface area (Å²) in [4.78, 5) is 0. The largest absolute Gasteiger partial charge is 0.416 e. The molecular weight excluding hydrogens is 397 g/mol. The van der Waals surface area contributed by atoms with E-state index in [0.717, 1.165) is 12.1 Å². The number of rotatable bonds is 1. The standard InChI is InChI=1S/C14H5BrClF6/c15-10-4-7(3-9(5-10)14(20,21)22)11-2-1-8(6-12(11)16)13(17,18)19/h1,3-6H. The van der Waals surface area contributed by atoms with Gasteiger partial charge in [0, 0.05) is 15.1 Å². The maximum atomic E-state index is 12.8. The Bertz CT molecular complexity index is 705. The number of hydrogen-bond donors (Lipinski definition) is 0. The van der Waals surface area contributed by atoms with Crippen LogP contribution in [0.4, 0.5) is 26.3 Å². The molecule has 117 valence electrons. The van der Waals surface area contributed by atoms with Gasteiger partial charge in [0.1, 0.15) is 0 Å². The van der Waals surface area contributed by atoms with Crippen LogP contribution in [0.1, 0.15) is 11.1 Å². The van der Waals surface area contributed by atoms with Crippen molar-refractivity contribution in [1.29, 1.82) is 0 Å². The lowest BCUT2D eigenvalue weighted by Crippen LogP contribution is -2.06. The second-order valence-electron chi connectivity index (χ2n) is 4.34. The molecule has 0 nitrogen and oxygen atoms in total. The number of hydrogen-bond acceptors (Lipinski definition) is 0. The number of benzene rings is 2. The van der Waals surface area contributed by atoms with Crippen molar-refractivity contribution in [3.05, 3.63) is 57.0 Å². The average molecular weight is 403 g/mol. The maximum absolute atomic E-state index is 12.8. The normalized spacial score (nSPS) is 12.5. The second-order valence-corrected chi connectivity index (χ2v) is 5.66. The molecule has 1 radical (unpaired) electrons. The average Bonchev–Trinajstić information content (AvgIpc) is 2.35. The zero-order chi connectivity index (χ0) is 16.7. The molecule has 0 aliphatic carbocycles. The van der Waals surface area contributed by atoms with Gasteiger partial charge < -0.3 is 0 Å². The van der Waals surface area contributed by atoms with E-state index in [1.54, 1.807) is 0 Å². The molecule has 0 saturated heterocycles. The maximum Gasteiger partial charge on any atom is 0.416 e. The van der Waals surface area contributed by atoms with Crippen LogP contribution in [0.3, 0.4) is 0 Å². The molecule has 8 heteroatoms. The van der Waals surface area contributed by atoms with Crippen LogP contribution in [0.15, 0.2) is 34.8 Å². The summed E-state index contributed by atoms with van der Waals surface area (Å²) in [6.07, 6.45) is -9.19. The summed E-state index contributed by atoms with van der Waals surface area (Å²) < 4.78 is 76.1. The van der Waals surface area contributed by atoms with Crippen LogP contribution < -0.4 is 0 Å². The predicted octanol–water partition coefficient (Wildman–Crippen LogP) is 6.61. The molecule has 0 spiro atoms. The molecule has 0 unspecified atom stereocenters. The van der Waals surface area contributed by atoms with E-state index in [0.29, 0.717) is 12.1 Å². The summed E-state index contributed by atoms with van der Waals surface area (Å²) in [6.45, 7) is 0. The van der Waals surface area contributed by atoms with E-state index >= 15 is 0 Å². The Labute approximate surface area is 134 Å². The lowest BCUT2D eigenvalue weighted by molar-refractivity contribution is -0.138. The molecule has 0 heterocycles. The van der Waals surface area contributed by atoms with Crippen LogP contribution in [0.2, 0.25) is 5.02 Å². The molecule has 2 aromatic rings. The van der Waals surface area contributed by atoms with Crippen molar-refractivity contribution < 1.29 is 26.3 Å². The summed E-state index contributed by atoms with van der Waals surface area (Å²) in [6, 6.07) is 6.58. The van der Waals surface area contributed by atoms with Gasteiger partial charge in [-0.3, -0.25) is 0 Å². The smallest absolute Gasteiger partial charge is 0.166 e. The third kappa shape index (κ3) is 3.76. The highest BCUT2D eigenvalue weighted by Crippen LogP contribution is 2.38. The second kappa shape index (κ2) is 5.77. The van der Waals surface area contributed by atoms with Crippen LogP contribution >= 0.6 is 27.5 Å². The molecule has 0 N–H and O–H groups in total. The molecule has 2 rings (SSSR count). The molecule has 22 heavy (non-hydrogen) atoms. The van der Waals surface area contributed by atoms with E-state index in [-0.39, 0.29) is 20.6 Å². The van der Waals surface area contributed by atoms with Crippen molar-refractivity contribution in [2.24, 2.45) is 0 Å². The molecule has 0 aliphatic heterocycles. The van der Waals surface area contributed by atoms with Gasteiger partial charge in [-0.15, -0.1) is 0 Å². The van der Waals surface area contributed by atoms with Gasteiger partial charge in [0.2, 0.25) is 0 Å². The highest BCUT2D eigenvalue weighted by atomic mass is 79.9. The zero-order valence-electron chi connectivity index (χ0n) is 10.4. The van der Waals surface area contributed by atoms with E-state index in [1.165, 1.54) is 6.07 Å². The van der Waals surface area contributed by atoms with Crippen molar-refractivity contribution in [1.82, 2.24) is 0 Å². The quantitative estimate of drug-likeness (QED) is 0.471. The summed E-state index contributed by atoms with van der Waals surface area (Å²) in [7, 11) is 0. The minimum absolute atomic E-state index is 0.0143. The molecule has 0 bridgehead atoms. The van der Waals surface area contributed by atoms with Gasteiger partial charge in [0.25, 0.3) is 0 Å². The van der Waals surface area contributed by atoms with E-state index in [2.05, 4.69) is 22.0 Å². The number of alkyl halides is 6. The summed E-state index contributed by atoms with van der Waals surface area (Å²) in [5, 5.41) is -0.332. The fraction of sp³-hybridized carbons (Fsp3) is 0.143. The van der Waals surface area contributed by atoms with Crippen molar-refractivity contribution in [2.75, 3.05) is 0 Å². The fourth-order valence-electron chi connectivity index (χ4n) is 1.75. The minimum Gasteiger partial charge on any atom is -0.166 e. The van der Waals surface area contributed by atoms with Gasteiger partial charge in [-0.1, -0.05) is 27.5 Å². The van der Waals surface area contributed by atoms with E-state index < -0.39 is 23.5 Å². The van der Waals surface area contributed by atoms with Crippen molar-refractivity contribution in [3.63, 3.8) is 0 Å². The first-order valence-electron chi connectivity index (χ1n) is 5.65. The van der Waals surface area contributed by atoms with Crippen LogP contribution in [0.25, 0.3) is 11.1 Å². The Morgan fingerprint density at radius 2 is 1.45 bits per heavy atom. The molecule has 0 aliphatic rings. The zero-order valence-corrected chi connectivity index (χ0v) is 12.8. The summed E-state index contributed by atoms with van der Waals surface area (Å²) in [5.41, 5.74) is -1.99. The first-order chi connectivity index (χ1) is 9.98. The topological polar surface area (TPSA) is 0 Å². The Balaban J connectivity index is 2.55. The summed E-state index contributed by atoms with van der Waals surface area (Å²) in [5.74, 6) is 0. The predicted molar refractivity (Wildman–Crippen MR) is 73.4 cm³/mol. The minimum atomic E-state index is -4.60. The Morgan fingerprint density at radius 3 is 1.95 bits per heavy atom. The third-order valence-corrected chi connectivity index (χ3v) is 3.49. The Kier molecular flexibility index (Phi) is 4.50. The molecular formula is C14H5BrClF6. The van der Waals surface area contributed by atoms with Gasteiger partial charge in [-0.25, -0.2) is 0 Å². The first-order valence-corrected chi connectivity index (χ1v) is 6.82. The SMILES string of the molecule is FC(F)(F)c1cc(Br)cc(-c2[c]cc(C(F)(F)F)cc2Cl)c1. The van der Waals surface area contributed by atoms with E-state index in [1.807, 2.05) is 0 Å². The molecule has 0 aromatic heterocycles. The van der Waals surface area contributed by atoms with Gasteiger partial charge in [0.05, 0.1) is 11.1 Å². The van der Waals surface area contributed by atoms with Crippen molar-refractivity contribution >= 4 is 27.5 Å². The van der Waals surface area contributed by atoms with Crippen LogP contribution in [-0.4, -0.2) is 0 Å². The van der Waals surface area contributed by atoms with Gasteiger partial charge in [-0.2, -0.15) is 26.3 Å². The van der Waals surface area contributed by atoms with Crippen LogP contribution in [0, 0.1) is 6.07 Å². The molecule has 0 fully saturated rings. The molecule has 0 saturated carbocycles. The lowest BCUT2D eigenvalue weighted by atomic mass is 10.0. The van der Waals surface area contributed by atoms with E-state index in [9.17, 15) is 26.3 Å². The van der Waals surface area contributed by atoms with Crippen LogP contribution in [-0.2, 0) is 12.4 Å². The highest BCUT2D eigenvalue weighted by molar-refractivity contribution is 9.10. The van der Waals surface area contributed by atoms with Crippen molar-refractivity contribution in [2.45, 2.75) is 12.4 Å². The van der Waals surface area contributed by atoms with Crippen molar-refractivity contribution in [3.8, 4) is 11.1 Å². The molecule has 0 amide bonds. The van der Waals surface area contributed by atoms with E-state index in [4.69, 9.17) is 11.6 Å². The molecule has 0 atom stereocenters. The Morgan fingerprint density at radius 1 is 0.864 bits per heavy atom. The highest BCUT2D eigenvalue weighted by Gasteiger charge is 2.32. The molecule has 2 aromatic carbocycles. The number of halogens is 8. The van der Waals surface area contributed by atoms with Gasteiger partial charge in [0.15, 0.2) is 0 Å².